The molecule has 138 valence electrons. The van der Waals surface area contributed by atoms with Crippen LogP contribution in [0.2, 0.25) is 5.02 Å². The van der Waals surface area contributed by atoms with Crippen molar-refractivity contribution in [2.45, 2.75) is 12.5 Å². The fourth-order valence-electron chi connectivity index (χ4n) is 2.62. The monoisotopic (exact) mass is 384 g/mol. The molecule has 27 heavy (non-hydrogen) atoms. The Kier molecular flexibility index (Phi) is 6.39. The first-order valence-corrected chi connectivity index (χ1v) is 8.86. The molecule has 0 saturated heterocycles. The number of nitrogens with one attached hydrogen (secondary N) is 1. The van der Waals surface area contributed by atoms with Crippen molar-refractivity contribution in [3.8, 4) is 5.75 Å². The summed E-state index contributed by atoms with van der Waals surface area (Å²) in [6.45, 7) is 0.596. The van der Waals surface area contributed by atoms with Crippen molar-refractivity contribution in [2.24, 2.45) is 0 Å². The van der Waals surface area contributed by atoms with Crippen molar-refractivity contribution in [2.75, 3.05) is 6.61 Å². The van der Waals surface area contributed by atoms with Gasteiger partial charge in [0.05, 0.1) is 17.7 Å². The van der Waals surface area contributed by atoms with E-state index in [1.807, 2.05) is 30.3 Å². The zero-order chi connectivity index (χ0) is 19.1. The Hall–Kier alpha value is -2.92. The number of carbonyl (C=O) groups is 1. The molecule has 0 radical (unpaired) electrons. The summed E-state index contributed by atoms with van der Waals surface area (Å²) in [5.74, 6) is 0.311. The van der Waals surface area contributed by atoms with Gasteiger partial charge in [-0.15, -0.1) is 0 Å². The Morgan fingerprint density at radius 1 is 1.07 bits per heavy atom. The van der Waals surface area contributed by atoms with Crippen LogP contribution < -0.4 is 10.1 Å². The minimum atomic E-state index is -0.367. The van der Waals surface area contributed by atoms with Gasteiger partial charge in [-0.1, -0.05) is 41.9 Å². The largest absolute Gasteiger partial charge is 0.491 e. The molecule has 1 aromatic heterocycles. The summed E-state index contributed by atoms with van der Waals surface area (Å²) in [5, 5.41) is 3.18. The summed E-state index contributed by atoms with van der Waals surface area (Å²) in [6.07, 6.45) is 2.46. The van der Waals surface area contributed by atoms with Crippen molar-refractivity contribution < 1.29 is 13.9 Å². The lowest BCUT2D eigenvalue weighted by atomic mass is 10.1. The van der Waals surface area contributed by atoms with E-state index in [0.29, 0.717) is 12.2 Å². The summed E-state index contributed by atoms with van der Waals surface area (Å²) >= 11 is 5.33. The molecule has 4 nitrogen and oxygen atoms in total. The molecule has 1 aliphatic rings. The molecule has 0 fully saturated rings. The molecule has 4 rings (SSSR count). The molecule has 0 aliphatic carbocycles. The maximum absolute atomic E-state index is 12.2. The fraction of sp³-hybridized carbons (Fsp3) is 0.143. The first kappa shape index (κ1) is 18.9. The maximum Gasteiger partial charge on any atom is 0.251 e. The van der Waals surface area contributed by atoms with E-state index in [2.05, 4.69) is 10.3 Å². The van der Waals surface area contributed by atoms with E-state index >= 15 is 0 Å². The van der Waals surface area contributed by atoms with Crippen LogP contribution >= 0.6 is 11.6 Å². The van der Waals surface area contributed by atoms with Crippen LogP contribution in [0.1, 0.15) is 28.5 Å². The van der Waals surface area contributed by atoms with Gasteiger partial charge >= 0.3 is 0 Å². The number of amides is 1. The molecule has 1 aliphatic heterocycles. The summed E-state index contributed by atoms with van der Waals surface area (Å²) in [4.78, 5) is 16.5. The molecule has 0 saturated carbocycles. The van der Waals surface area contributed by atoms with Crippen LogP contribution in [0.15, 0.2) is 72.9 Å². The van der Waals surface area contributed by atoms with Crippen molar-refractivity contribution in [1.82, 2.24) is 10.3 Å². The van der Waals surface area contributed by atoms with Gasteiger partial charge in [0.25, 0.3) is 5.91 Å². The molecular weight excluding hydrogens is 367 g/mol. The SMILES string of the molecule is Fc1ccccc1Cl.O=C(NC1CCOc2cccnc21)c1ccccc1. The molecule has 0 bridgehead atoms. The normalized spacial score (nSPS) is 14.8. The molecular formula is C21H18ClFN2O2. The summed E-state index contributed by atoms with van der Waals surface area (Å²) in [5.41, 5.74) is 1.46. The van der Waals surface area contributed by atoms with Crippen LogP contribution in [-0.4, -0.2) is 17.5 Å². The molecule has 1 unspecified atom stereocenters. The number of aromatic nitrogens is 1. The molecule has 2 heterocycles. The Balaban J connectivity index is 0.000000221. The maximum atomic E-state index is 12.2. The molecule has 0 spiro atoms. The number of pyridine rings is 1. The van der Waals surface area contributed by atoms with E-state index in [-0.39, 0.29) is 22.8 Å². The van der Waals surface area contributed by atoms with Gasteiger partial charge in [-0.25, -0.2) is 4.39 Å². The van der Waals surface area contributed by atoms with Gasteiger partial charge in [-0.2, -0.15) is 0 Å². The highest BCUT2D eigenvalue weighted by Gasteiger charge is 2.24. The highest BCUT2D eigenvalue weighted by atomic mass is 35.5. The van der Waals surface area contributed by atoms with E-state index in [9.17, 15) is 9.18 Å². The average molecular weight is 385 g/mol. The first-order chi connectivity index (χ1) is 13.1. The standard InChI is InChI=1S/C15H14N2O2.C6H4ClF/c18-15(11-5-2-1-3-6-11)17-12-8-10-19-13-7-4-9-16-14(12)13;7-5-3-1-2-4-6(5)8/h1-7,9,12H,8,10H2,(H,17,18);1-4H. The van der Waals surface area contributed by atoms with Crippen LogP contribution in [0.5, 0.6) is 5.75 Å². The third-order valence-electron chi connectivity index (χ3n) is 3.96. The molecule has 1 amide bonds. The van der Waals surface area contributed by atoms with Gasteiger partial charge in [-0.05, 0) is 36.4 Å². The van der Waals surface area contributed by atoms with E-state index in [0.717, 1.165) is 17.9 Å². The molecule has 6 heteroatoms. The summed E-state index contributed by atoms with van der Waals surface area (Å²) in [7, 11) is 0. The minimum absolute atomic E-state index is 0.0795. The second-order valence-electron chi connectivity index (χ2n) is 5.83. The Morgan fingerprint density at radius 3 is 2.52 bits per heavy atom. The molecule has 2 aromatic carbocycles. The Morgan fingerprint density at radius 2 is 1.81 bits per heavy atom. The number of halogens is 2. The van der Waals surface area contributed by atoms with Gasteiger partial charge in [0, 0.05) is 18.2 Å². The number of fused-ring (bicyclic) bond motifs is 1. The molecule has 1 atom stereocenters. The lowest BCUT2D eigenvalue weighted by Gasteiger charge is -2.25. The van der Waals surface area contributed by atoms with E-state index in [1.54, 1.807) is 30.5 Å². The van der Waals surface area contributed by atoms with Crippen LogP contribution in [0.4, 0.5) is 4.39 Å². The zero-order valence-corrected chi connectivity index (χ0v) is 15.2. The topological polar surface area (TPSA) is 51.2 Å². The highest BCUT2D eigenvalue weighted by molar-refractivity contribution is 6.30. The Bertz CT molecular complexity index is 884. The number of hydrogen-bond donors (Lipinski definition) is 1. The van der Waals surface area contributed by atoms with Crippen molar-refractivity contribution in [1.29, 1.82) is 0 Å². The smallest absolute Gasteiger partial charge is 0.251 e. The number of nitrogens with zero attached hydrogens (tertiary/aromatic N) is 1. The highest BCUT2D eigenvalue weighted by Crippen LogP contribution is 2.29. The minimum Gasteiger partial charge on any atom is -0.491 e. The van der Waals surface area contributed by atoms with Gasteiger partial charge in [0.1, 0.15) is 17.3 Å². The summed E-state index contributed by atoms with van der Waals surface area (Å²) in [6, 6.07) is 18.9. The zero-order valence-electron chi connectivity index (χ0n) is 14.4. The molecule has 1 N–H and O–H groups in total. The van der Waals surface area contributed by atoms with Gasteiger partial charge in [0.15, 0.2) is 0 Å². The fourth-order valence-corrected chi connectivity index (χ4v) is 2.76. The van der Waals surface area contributed by atoms with E-state index in [1.165, 1.54) is 12.1 Å². The second kappa shape index (κ2) is 9.14. The van der Waals surface area contributed by atoms with Gasteiger partial charge in [-0.3, -0.25) is 9.78 Å². The van der Waals surface area contributed by atoms with Crippen LogP contribution in [-0.2, 0) is 0 Å². The third-order valence-corrected chi connectivity index (χ3v) is 4.27. The van der Waals surface area contributed by atoms with Crippen molar-refractivity contribution in [3.63, 3.8) is 0 Å². The predicted octanol–water partition coefficient (Wildman–Crippen LogP) is 4.81. The predicted molar refractivity (Wildman–Crippen MR) is 102 cm³/mol. The number of carbonyl (C=O) groups excluding carboxylic acids is 1. The van der Waals surface area contributed by atoms with Crippen molar-refractivity contribution >= 4 is 17.5 Å². The van der Waals surface area contributed by atoms with Crippen molar-refractivity contribution in [3.05, 3.63) is 95.0 Å². The number of ether oxygens (including phenoxy) is 1. The van der Waals surface area contributed by atoms with Gasteiger partial charge in [0.2, 0.25) is 0 Å². The second-order valence-corrected chi connectivity index (χ2v) is 6.24. The quantitative estimate of drug-likeness (QED) is 0.689. The lowest BCUT2D eigenvalue weighted by molar-refractivity contribution is 0.0923. The van der Waals surface area contributed by atoms with E-state index < -0.39 is 0 Å². The van der Waals surface area contributed by atoms with Crippen LogP contribution in [0.3, 0.4) is 0 Å². The average Bonchev–Trinajstić information content (AvgIpc) is 2.72. The molecule has 3 aromatic rings. The van der Waals surface area contributed by atoms with Crippen LogP contribution in [0.25, 0.3) is 0 Å². The summed E-state index contributed by atoms with van der Waals surface area (Å²) < 4.78 is 17.7. The third kappa shape index (κ3) is 5.05. The van der Waals surface area contributed by atoms with E-state index in [4.69, 9.17) is 16.3 Å². The first-order valence-electron chi connectivity index (χ1n) is 8.49. The number of hydrogen-bond acceptors (Lipinski definition) is 3. The Labute approximate surface area is 162 Å². The number of benzene rings is 2. The van der Waals surface area contributed by atoms with Gasteiger partial charge < -0.3 is 10.1 Å². The number of rotatable bonds is 2. The van der Waals surface area contributed by atoms with Crippen LogP contribution in [0, 0.1) is 5.82 Å². The lowest BCUT2D eigenvalue weighted by Crippen LogP contribution is -2.32.